The summed E-state index contributed by atoms with van der Waals surface area (Å²) in [4.78, 5) is 39.3. The maximum atomic E-state index is 12.0. The van der Waals surface area contributed by atoms with E-state index in [0.29, 0.717) is 35.2 Å². The van der Waals surface area contributed by atoms with E-state index >= 15 is 0 Å². The maximum Gasteiger partial charge on any atom is 0.249 e. The van der Waals surface area contributed by atoms with Gasteiger partial charge in [-0.25, -0.2) is 4.98 Å². The van der Waals surface area contributed by atoms with Crippen LogP contribution in [0.3, 0.4) is 0 Å². The number of hydrogen-bond donors (Lipinski definition) is 3. The second-order valence-electron chi connectivity index (χ2n) is 7.60. The van der Waals surface area contributed by atoms with Crippen molar-refractivity contribution in [2.75, 3.05) is 26.6 Å². The van der Waals surface area contributed by atoms with Crippen LogP contribution in [-0.4, -0.2) is 50.1 Å². The molecule has 0 saturated carbocycles. The quantitative estimate of drug-likeness (QED) is 0.262. The highest BCUT2D eigenvalue weighted by atomic mass is 16.5. The summed E-state index contributed by atoms with van der Waals surface area (Å²) in [7, 11) is 4.65. The van der Waals surface area contributed by atoms with Gasteiger partial charge in [0.2, 0.25) is 23.5 Å². The van der Waals surface area contributed by atoms with Crippen LogP contribution in [0.4, 0.5) is 11.5 Å². The molecule has 3 N–H and O–H groups in total. The molecule has 1 fully saturated rings. The van der Waals surface area contributed by atoms with Crippen LogP contribution < -0.4 is 30.2 Å². The lowest BCUT2D eigenvalue weighted by molar-refractivity contribution is -0.136. The van der Waals surface area contributed by atoms with E-state index in [1.54, 1.807) is 64.0 Å². The highest BCUT2D eigenvalue weighted by Gasteiger charge is 2.27. The van der Waals surface area contributed by atoms with Gasteiger partial charge in [-0.2, -0.15) is 0 Å². The normalized spacial score (nSPS) is 15.8. The minimum Gasteiger partial charge on any atom is -0.493 e. The highest BCUT2D eigenvalue weighted by molar-refractivity contribution is 6.02. The summed E-state index contributed by atoms with van der Waals surface area (Å²) >= 11 is 0. The SMILES string of the molecule is COc1cc(Nc2ncccc2/C=C/C=C/C=C/C(=O)NC2CCC(=O)NC2=O)cc(OC)c1OC. The summed E-state index contributed by atoms with van der Waals surface area (Å²) in [6, 6.07) is 6.59. The number of nitrogens with one attached hydrogen (secondary N) is 3. The lowest BCUT2D eigenvalue weighted by Gasteiger charge is -2.20. The largest absolute Gasteiger partial charge is 0.493 e. The van der Waals surface area contributed by atoms with Gasteiger partial charge in [0, 0.05) is 42.1 Å². The van der Waals surface area contributed by atoms with Crippen LogP contribution in [0.5, 0.6) is 17.2 Å². The third-order valence-corrected chi connectivity index (χ3v) is 5.18. The number of amides is 3. The van der Waals surface area contributed by atoms with Gasteiger partial charge in [0.25, 0.3) is 0 Å². The van der Waals surface area contributed by atoms with Gasteiger partial charge in [0.1, 0.15) is 11.9 Å². The molecule has 1 aliphatic rings. The summed E-state index contributed by atoms with van der Waals surface area (Å²) in [5, 5.41) is 8.04. The van der Waals surface area contributed by atoms with Gasteiger partial charge >= 0.3 is 0 Å². The molecule has 0 radical (unpaired) electrons. The number of rotatable bonds is 10. The molecule has 1 unspecified atom stereocenters. The molecule has 1 saturated heterocycles. The molecule has 10 nitrogen and oxygen atoms in total. The van der Waals surface area contributed by atoms with Crippen LogP contribution in [0.25, 0.3) is 6.08 Å². The number of ether oxygens (including phenoxy) is 3. The number of imide groups is 1. The molecule has 1 atom stereocenters. The molecule has 0 bridgehead atoms. The Hall–Kier alpha value is -4.60. The average molecular weight is 493 g/mol. The third-order valence-electron chi connectivity index (χ3n) is 5.18. The Morgan fingerprint density at radius 3 is 2.44 bits per heavy atom. The number of allylic oxidation sites excluding steroid dienone is 4. The van der Waals surface area contributed by atoms with Gasteiger partial charge in [-0.1, -0.05) is 30.4 Å². The Kier molecular flexibility index (Phi) is 9.21. The molecular weight excluding hydrogens is 464 g/mol. The van der Waals surface area contributed by atoms with E-state index in [9.17, 15) is 14.4 Å². The first-order chi connectivity index (χ1) is 17.4. The fourth-order valence-corrected chi connectivity index (χ4v) is 3.43. The minimum atomic E-state index is -0.703. The molecule has 188 valence electrons. The molecule has 1 aromatic carbocycles. The Bertz CT molecular complexity index is 1180. The van der Waals surface area contributed by atoms with Crippen LogP contribution in [-0.2, 0) is 14.4 Å². The number of benzene rings is 1. The molecule has 3 amide bonds. The number of carbonyl (C=O) groups is 3. The molecule has 36 heavy (non-hydrogen) atoms. The molecule has 0 aliphatic carbocycles. The van der Waals surface area contributed by atoms with Crippen LogP contribution in [0.2, 0.25) is 0 Å². The Labute approximate surface area is 209 Å². The Morgan fingerprint density at radius 2 is 1.78 bits per heavy atom. The number of hydrogen-bond acceptors (Lipinski definition) is 8. The smallest absolute Gasteiger partial charge is 0.249 e. The number of piperidine rings is 1. The predicted octanol–water partition coefficient (Wildman–Crippen LogP) is 2.90. The maximum absolute atomic E-state index is 12.0. The van der Waals surface area contributed by atoms with Crippen molar-refractivity contribution in [2.45, 2.75) is 18.9 Å². The van der Waals surface area contributed by atoms with Crippen molar-refractivity contribution < 1.29 is 28.6 Å². The van der Waals surface area contributed by atoms with Crippen molar-refractivity contribution in [1.82, 2.24) is 15.6 Å². The lowest BCUT2D eigenvalue weighted by Crippen LogP contribution is -2.51. The predicted molar refractivity (Wildman–Crippen MR) is 135 cm³/mol. The van der Waals surface area contributed by atoms with Crippen molar-refractivity contribution in [3.63, 3.8) is 0 Å². The van der Waals surface area contributed by atoms with Gasteiger partial charge in [-0.05, 0) is 18.6 Å². The van der Waals surface area contributed by atoms with Gasteiger partial charge in [0.05, 0.1) is 21.3 Å². The number of pyridine rings is 1. The second-order valence-corrected chi connectivity index (χ2v) is 7.60. The first-order valence-electron chi connectivity index (χ1n) is 11.1. The fraction of sp³-hybridized carbons (Fsp3) is 0.231. The van der Waals surface area contributed by atoms with E-state index in [-0.39, 0.29) is 12.3 Å². The van der Waals surface area contributed by atoms with Crippen LogP contribution in [0.15, 0.2) is 60.8 Å². The lowest BCUT2D eigenvalue weighted by atomic mass is 10.1. The summed E-state index contributed by atoms with van der Waals surface area (Å²) in [5.74, 6) is 0.922. The van der Waals surface area contributed by atoms with Crippen molar-refractivity contribution in [3.05, 3.63) is 66.4 Å². The third kappa shape index (κ3) is 6.95. The molecule has 2 heterocycles. The molecule has 0 spiro atoms. The average Bonchev–Trinajstić information content (AvgIpc) is 2.88. The molecule has 1 aromatic heterocycles. The van der Waals surface area contributed by atoms with Gasteiger partial charge in [0.15, 0.2) is 11.5 Å². The monoisotopic (exact) mass is 492 g/mol. The minimum absolute atomic E-state index is 0.204. The first kappa shape index (κ1) is 26.0. The van der Waals surface area contributed by atoms with E-state index in [2.05, 4.69) is 20.9 Å². The number of nitrogens with zero attached hydrogens (tertiary/aromatic N) is 1. The molecule has 10 heteroatoms. The zero-order valence-electron chi connectivity index (χ0n) is 20.2. The van der Waals surface area contributed by atoms with E-state index in [4.69, 9.17) is 14.2 Å². The molecule has 3 rings (SSSR count). The van der Waals surface area contributed by atoms with Gasteiger partial charge in [-0.3, -0.25) is 19.7 Å². The molecule has 2 aromatic rings. The summed E-state index contributed by atoms with van der Waals surface area (Å²) < 4.78 is 16.2. The van der Waals surface area contributed by atoms with Crippen molar-refractivity contribution >= 4 is 35.3 Å². The van der Waals surface area contributed by atoms with Crippen molar-refractivity contribution in [1.29, 1.82) is 0 Å². The van der Waals surface area contributed by atoms with Gasteiger partial charge in [-0.15, -0.1) is 0 Å². The number of methoxy groups -OCH3 is 3. The number of aromatic nitrogens is 1. The topological polar surface area (TPSA) is 128 Å². The molecule has 1 aliphatic heterocycles. The molecular formula is C26H28N4O6. The Morgan fingerprint density at radius 1 is 1.06 bits per heavy atom. The zero-order valence-corrected chi connectivity index (χ0v) is 20.2. The number of carbonyl (C=O) groups excluding carboxylic acids is 3. The number of anilines is 2. The zero-order chi connectivity index (χ0) is 25.9. The van der Waals surface area contributed by atoms with Gasteiger partial charge < -0.3 is 24.8 Å². The van der Waals surface area contributed by atoms with E-state index in [0.717, 1.165) is 5.56 Å². The summed E-state index contributed by atoms with van der Waals surface area (Å²) in [6.07, 6.45) is 12.2. The van der Waals surface area contributed by atoms with Crippen LogP contribution in [0.1, 0.15) is 18.4 Å². The standard InChI is InChI=1S/C26H28N4O6/c1-34-20-15-18(16-21(35-2)24(20)36-3)28-25-17(10-8-14-27-25)9-6-4-5-7-11-22(31)29-19-12-13-23(32)30-26(19)33/h4-11,14-16,19H,12-13H2,1-3H3,(H,27,28)(H,29,31)(H,30,32,33)/b5-4+,9-6+,11-7+. The highest BCUT2D eigenvalue weighted by Crippen LogP contribution is 2.40. The van der Waals surface area contributed by atoms with E-state index in [1.165, 1.54) is 6.08 Å². The van der Waals surface area contributed by atoms with E-state index < -0.39 is 17.9 Å². The summed E-state index contributed by atoms with van der Waals surface area (Å²) in [6.45, 7) is 0. The van der Waals surface area contributed by atoms with Crippen molar-refractivity contribution in [3.8, 4) is 17.2 Å². The van der Waals surface area contributed by atoms with Crippen molar-refractivity contribution in [2.24, 2.45) is 0 Å². The fourth-order valence-electron chi connectivity index (χ4n) is 3.43. The summed E-state index contributed by atoms with van der Waals surface area (Å²) in [5.41, 5.74) is 1.54. The first-order valence-corrected chi connectivity index (χ1v) is 11.1. The van der Waals surface area contributed by atoms with Crippen LogP contribution in [0, 0.1) is 0 Å². The Balaban J connectivity index is 1.61. The second kappa shape index (κ2) is 12.7. The van der Waals surface area contributed by atoms with Crippen LogP contribution >= 0.6 is 0 Å². The van der Waals surface area contributed by atoms with E-state index in [1.807, 2.05) is 18.2 Å².